The molecule has 0 amide bonds. The highest BCUT2D eigenvalue weighted by Crippen LogP contribution is 2.18. The van der Waals surface area contributed by atoms with Crippen LogP contribution in [0.15, 0.2) is 54.3 Å². The van der Waals surface area contributed by atoms with Crippen molar-refractivity contribution in [3.05, 3.63) is 59.9 Å². The zero-order valence-corrected chi connectivity index (χ0v) is 11.5. The highest BCUT2D eigenvalue weighted by Gasteiger charge is 2.27. The Balaban J connectivity index is 2.04. The van der Waals surface area contributed by atoms with Gasteiger partial charge < -0.3 is 15.6 Å². The molecule has 2 rings (SSSR count). The van der Waals surface area contributed by atoms with E-state index < -0.39 is 18.1 Å². The maximum absolute atomic E-state index is 11.9. The zero-order valence-electron chi connectivity index (χ0n) is 10.7. The van der Waals surface area contributed by atoms with Gasteiger partial charge in [-0.15, -0.1) is 0 Å². The first kappa shape index (κ1) is 14.6. The molecule has 1 aromatic carbocycles. The molecule has 0 radical (unpaired) electrons. The van der Waals surface area contributed by atoms with Gasteiger partial charge in [0.05, 0.1) is 10.9 Å². The number of benzene rings is 1. The predicted octanol–water partition coefficient (Wildman–Crippen LogP) is 1.80. The van der Waals surface area contributed by atoms with Gasteiger partial charge in [0.2, 0.25) is 0 Å². The van der Waals surface area contributed by atoms with Gasteiger partial charge >= 0.3 is 5.97 Å². The minimum absolute atomic E-state index is 0.298. The Hall–Kier alpha value is -1.82. The Bertz CT molecular complexity index is 566. The minimum Gasteiger partial charge on any atom is -0.423 e. The van der Waals surface area contributed by atoms with Crippen molar-refractivity contribution < 1.29 is 14.6 Å². The van der Waals surface area contributed by atoms with Crippen molar-refractivity contribution in [1.82, 2.24) is 0 Å². The van der Waals surface area contributed by atoms with Crippen LogP contribution in [0.3, 0.4) is 0 Å². The van der Waals surface area contributed by atoms with Crippen molar-refractivity contribution in [2.45, 2.75) is 18.6 Å². The van der Waals surface area contributed by atoms with Gasteiger partial charge in [-0.2, -0.15) is 0 Å². The average Bonchev–Trinajstić information content (AvgIpc) is 2.49. The van der Waals surface area contributed by atoms with Crippen LogP contribution in [0.1, 0.15) is 18.0 Å². The molecule has 1 unspecified atom stereocenters. The molecule has 0 heterocycles. The van der Waals surface area contributed by atoms with Crippen LogP contribution in [-0.2, 0) is 9.53 Å². The fourth-order valence-corrected chi connectivity index (χ4v) is 1.99. The number of carbonyl (C=O) groups is 1. The molecule has 2 atom stereocenters. The van der Waals surface area contributed by atoms with Crippen molar-refractivity contribution in [2.75, 3.05) is 0 Å². The van der Waals surface area contributed by atoms with Gasteiger partial charge in [-0.1, -0.05) is 54.7 Å². The number of hydrogen-bond donors (Lipinski definition) is 2. The van der Waals surface area contributed by atoms with Crippen LogP contribution >= 0.6 is 12.2 Å². The summed E-state index contributed by atoms with van der Waals surface area (Å²) < 4.78 is 5.11. The van der Waals surface area contributed by atoms with Crippen LogP contribution in [-0.4, -0.2) is 22.0 Å². The average molecular weight is 289 g/mol. The Kier molecular flexibility index (Phi) is 4.79. The van der Waals surface area contributed by atoms with Crippen LogP contribution in [0.5, 0.6) is 0 Å². The van der Waals surface area contributed by atoms with Gasteiger partial charge in [0, 0.05) is 6.42 Å². The topological polar surface area (TPSA) is 72.5 Å². The molecule has 20 heavy (non-hydrogen) atoms. The molecule has 0 saturated heterocycles. The van der Waals surface area contributed by atoms with Gasteiger partial charge in [0.15, 0.2) is 6.10 Å². The maximum atomic E-state index is 11.9. The first-order chi connectivity index (χ1) is 9.59. The van der Waals surface area contributed by atoms with Crippen LogP contribution < -0.4 is 5.73 Å². The molecule has 3 N–H and O–H groups in total. The number of rotatable bonds is 4. The van der Waals surface area contributed by atoms with Crippen LogP contribution in [0.4, 0.5) is 0 Å². The van der Waals surface area contributed by atoms with Gasteiger partial charge in [-0.3, -0.25) is 0 Å². The summed E-state index contributed by atoms with van der Waals surface area (Å²) in [4.78, 5) is 12.4. The molecule has 0 spiro atoms. The fourth-order valence-electron chi connectivity index (χ4n) is 1.79. The van der Waals surface area contributed by atoms with E-state index in [1.54, 1.807) is 36.4 Å². The number of aliphatic hydroxyl groups is 1. The van der Waals surface area contributed by atoms with E-state index >= 15 is 0 Å². The first-order valence-electron chi connectivity index (χ1n) is 6.20. The molecule has 1 aromatic rings. The molecule has 1 aliphatic rings. The Morgan fingerprint density at radius 3 is 2.70 bits per heavy atom. The SMILES string of the molecule is N[C@H](c1ccccc1)C(O)C(=O)OC1=CC=CCC1=S. The van der Waals surface area contributed by atoms with Crippen LogP contribution in [0.2, 0.25) is 0 Å². The van der Waals surface area contributed by atoms with Crippen molar-refractivity contribution in [1.29, 1.82) is 0 Å². The summed E-state index contributed by atoms with van der Waals surface area (Å²) in [6, 6.07) is 8.06. The Morgan fingerprint density at radius 1 is 1.35 bits per heavy atom. The number of ether oxygens (including phenoxy) is 1. The van der Waals surface area contributed by atoms with E-state index in [-0.39, 0.29) is 0 Å². The molecule has 0 saturated carbocycles. The number of aliphatic hydroxyl groups excluding tert-OH is 1. The molecule has 1 aliphatic carbocycles. The predicted molar refractivity (Wildman–Crippen MR) is 79.9 cm³/mol. The molecule has 104 valence electrons. The molecule has 0 bridgehead atoms. The van der Waals surface area contributed by atoms with E-state index in [1.165, 1.54) is 0 Å². The molecule has 0 fully saturated rings. The highest BCUT2D eigenvalue weighted by molar-refractivity contribution is 7.80. The number of nitrogens with two attached hydrogens (primary N) is 1. The lowest BCUT2D eigenvalue weighted by Crippen LogP contribution is -2.35. The molecule has 0 aliphatic heterocycles. The summed E-state index contributed by atoms with van der Waals surface area (Å²) in [5.41, 5.74) is 6.53. The second kappa shape index (κ2) is 6.56. The van der Waals surface area contributed by atoms with Crippen molar-refractivity contribution >= 4 is 23.1 Å². The van der Waals surface area contributed by atoms with Crippen molar-refractivity contribution in [2.24, 2.45) is 5.73 Å². The number of carbonyl (C=O) groups excluding carboxylic acids is 1. The van der Waals surface area contributed by atoms with E-state index in [4.69, 9.17) is 22.7 Å². The summed E-state index contributed by atoms with van der Waals surface area (Å²) in [7, 11) is 0. The smallest absolute Gasteiger partial charge is 0.342 e. The summed E-state index contributed by atoms with van der Waals surface area (Å²) in [6.07, 6.45) is 4.33. The standard InChI is InChI=1S/C15H15NO3S/c16-13(10-6-2-1-3-7-10)14(17)15(18)19-11-8-4-5-9-12(11)20/h1-8,13-14,17H,9,16H2/t13-,14?/m1/s1. The lowest BCUT2D eigenvalue weighted by atomic mass is 10.0. The van der Waals surface area contributed by atoms with Crippen LogP contribution in [0.25, 0.3) is 0 Å². The fraction of sp³-hybridized carbons (Fsp3) is 0.200. The number of allylic oxidation sites excluding steroid dienone is 4. The lowest BCUT2D eigenvalue weighted by Gasteiger charge is -2.19. The zero-order chi connectivity index (χ0) is 14.5. The third-order valence-corrected chi connectivity index (χ3v) is 3.31. The number of esters is 1. The van der Waals surface area contributed by atoms with Crippen molar-refractivity contribution in [3.63, 3.8) is 0 Å². The first-order valence-corrected chi connectivity index (χ1v) is 6.60. The Labute approximate surface area is 122 Å². The van der Waals surface area contributed by atoms with E-state index in [2.05, 4.69) is 0 Å². The Morgan fingerprint density at radius 2 is 2.05 bits per heavy atom. The molecular formula is C15H15NO3S. The quantitative estimate of drug-likeness (QED) is 0.653. The molecule has 4 nitrogen and oxygen atoms in total. The van der Waals surface area contributed by atoms with E-state index in [0.717, 1.165) is 0 Å². The lowest BCUT2D eigenvalue weighted by molar-refractivity contribution is -0.149. The maximum Gasteiger partial charge on any atom is 0.342 e. The monoisotopic (exact) mass is 289 g/mol. The van der Waals surface area contributed by atoms with E-state index in [9.17, 15) is 9.90 Å². The third kappa shape index (κ3) is 3.39. The number of hydrogen-bond acceptors (Lipinski definition) is 5. The summed E-state index contributed by atoms with van der Waals surface area (Å²) in [6.45, 7) is 0. The molecule has 0 aromatic heterocycles. The normalized spacial score (nSPS) is 17.3. The minimum atomic E-state index is -1.44. The third-order valence-electron chi connectivity index (χ3n) is 2.94. The molecular weight excluding hydrogens is 274 g/mol. The van der Waals surface area contributed by atoms with E-state index in [1.807, 2.05) is 12.1 Å². The molecule has 5 heteroatoms. The van der Waals surface area contributed by atoms with Gasteiger partial charge in [0.1, 0.15) is 5.76 Å². The van der Waals surface area contributed by atoms with Crippen molar-refractivity contribution in [3.8, 4) is 0 Å². The summed E-state index contributed by atoms with van der Waals surface area (Å²) >= 11 is 5.08. The van der Waals surface area contributed by atoms with Gasteiger partial charge in [0.25, 0.3) is 0 Å². The van der Waals surface area contributed by atoms with Gasteiger partial charge in [-0.05, 0) is 11.6 Å². The summed E-state index contributed by atoms with van der Waals surface area (Å²) in [5, 5.41) is 9.97. The second-order valence-corrected chi connectivity index (χ2v) is 4.88. The number of thiocarbonyl (C=S) groups is 1. The van der Waals surface area contributed by atoms with Gasteiger partial charge in [-0.25, -0.2) is 4.79 Å². The van der Waals surface area contributed by atoms with E-state index in [0.29, 0.717) is 22.6 Å². The largest absolute Gasteiger partial charge is 0.423 e. The summed E-state index contributed by atoms with van der Waals surface area (Å²) in [5.74, 6) is -0.503. The second-order valence-electron chi connectivity index (χ2n) is 4.39. The highest BCUT2D eigenvalue weighted by atomic mass is 32.1. The van der Waals surface area contributed by atoms with Crippen LogP contribution in [0, 0.1) is 0 Å².